The van der Waals surface area contributed by atoms with Gasteiger partial charge in [0.1, 0.15) is 6.61 Å². The minimum atomic E-state index is -0.761. The van der Waals surface area contributed by atoms with Crippen molar-refractivity contribution in [3.8, 4) is 0 Å². The molecule has 5 heteroatoms. The molecule has 0 spiro atoms. The molecule has 0 amide bonds. The molecule has 0 aliphatic rings. The SMILES string of the molecule is CCCCCCCCCCCCCCC(=O)OC[C@H](CO)OC(=O)CCCCCCCCCCCCCCCCCC(C)C. The first-order valence-electron chi connectivity index (χ1n) is 19.5. The van der Waals surface area contributed by atoms with Crippen molar-refractivity contribution in [2.75, 3.05) is 13.2 Å². The zero-order chi connectivity index (χ0) is 32.4. The largest absolute Gasteiger partial charge is 0.462 e. The molecule has 0 aliphatic carbocycles. The van der Waals surface area contributed by atoms with Crippen LogP contribution in [0.25, 0.3) is 0 Å². The predicted octanol–water partition coefficient (Wildman–Crippen LogP) is 11.8. The van der Waals surface area contributed by atoms with Crippen molar-refractivity contribution in [3.63, 3.8) is 0 Å². The van der Waals surface area contributed by atoms with Crippen LogP contribution in [0.2, 0.25) is 0 Å². The number of hydrogen-bond acceptors (Lipinski definition) is 5. The van der Waals surface area contributed by atoms with Crippen molar-refractivity contribution < 1.29 is 24.2 Å². The maximum atomic E-state index is 12.2. The Balaban J connectivity index is 3.49. The van der Waals surface area contributed by atoms with Crippen LogP contribution < -0.4 is 0 Å². The molecular formula is C39H76O5. The third-order valence-corrected chi connectivity index (χ3v) is 8.83. The van der Waals surface area contributed by atoms with Crippen molar-refractivity contribution in [1.82, 2.24) is 0 Å². The van der Waals surface area contributed by atoms with Crippen molar-refractivity contribution in [3.05, 3.63) is 0 Å². The fraction of sp³-hybridized carbons (Fsp3) is 0.949. The summed E-state index contributed by atoms with van der Waals surface area (Å²) in [7, 11) is 0. The first-order valence-corrected chi connectivity index (χ1v) is 19.5. The highest BCUT2D eigenvalue weighted by Crippen LogP contribution is 2.16. The number of aliphatic hydroxyl groups excluding tert-OH is 1. The van der Waals surface area contributed by atoms with Crippen molar-refractivity contribution >= 4 is 11.9 Å². The minimum absolute atomic E-state index is 0.0578. The summed E-state index contributed by atoms with van der Waals surface area (Å²) >= 11 is 0. The van der Waals surface area contributed by atoms with Crippen LogP contribution in [-0.2, 0) is 19.1 Å². The van der Waals surface area contributed by atoms with Gasteiger partial charge >= 0.3 is 11.9 Å². The van der Waals surface area contributed by atoms with E-state index < -0.39 is 6.10 Å². The first-order chi connectivity index (χ1) is 21.5. The molecule has 0 radical (unpaired) electrons. The Hall–Kier alpha value is -1.10. The second-order valence-corrected chi connectivity index (χ2v) is 13.9. The molecule has 0 heterocycles. The molecule has 0 bridgehead atoms. The molecule has 5 nitrogen and oxygen atoms in total. The van der Waals surface area contributed by atoms with E-state index >= 15 is 0 Å². The van der Waals surface area contributed by atoms with Gasteiger partial charge in [0.15, 0.2) is 6.10 Å². The molecule has 0 aliphatic heterocycles. The van der Waals surface area contributed by atoms with E-state index in [1.807, 2.05) is 0 Å². The summed E-state index contributed by atoms with van der Waals surface area (Å²) in [5, 5.41) is 9.54. The van der Waals surface area contributed by atoms with E-state index in [1.54, 1.807) is 0 Å². The van der Waals surface area contributed by atoms with Gasteiger partial charge in [0.2, 0.25) is 0 Å². The topological polar surface area (TPSA) is 72.8 Å². The summed E-state index contributed by atoms with van der Waals surface area (Å²) in [6, 6.07) is 0. The van der Waals surface area contributed by atoms with Crippen molar-refractivity contribution in [2.45, 2.75) is 219 Å². The lowest BCUT2D eigenvalue weighted by Gasteiger charge is -2.15. The van der Waals surface area contributed by atoms with Crippen molar-refractivity contribution in [1.29, 1.82) is 0 Å². The van der Waals surface area contributed by atoms with Gasteiger partial charge in [-0.3, -0.25) is 9.59 Å². The molecular weight excluding hydrogens is 548 g/mol. The summed E-state index contributed by atoms with van der Waals surface area (Å²) in [5.74, 6) is 0.277. The van der Waals surface area contributed by atoms with Gasteiger partial charge in [-0.2, -0.15) is 0 Å². The molecule has 0 rings (SSSR count). The number of aliphatic hydroxyl groups is 1. The molecule has 1 atom stereocenters. The van der Waals surface area contributed by atoms with E-state index in [2.05, 4.69) is 20.8 Å². The van der Waals surface area contributed by atoms with Gasteiger partial charge in [0, 0.05) is 12.8 Å². The van der Waals surface area contributed by atoms with Crippen LogP contribution >= 0.6 is 0 Å². The average Bonchev–Trinajstić information content (AvgIpc) is 3.01. The Morgan fingerprint density at radius 2 is 0.841 bits per heavy atom. The molecule has 0 aromatic carbocycles. The molecule has 262 valence electrons. The molecule has 0 fully saturated rings. The third kappa shape index (κ3) is 33.8. The molecule has 0 saturated heterocycles. The maximum Gasteiger partial charge on any atom is 0.306 e. The van der Waals surface area contributed by atoms with Crippen LogP contribution in [0.3, 0.4) is 0 Å². The Morgan fingerprint density at radius 1 is 0.500 bits per heavy atom. The Bertz CT molecular complexity index is 605. The quantitative estimate of drug-likeness (QED) is 0.0561. The molecule has 0 unspecified atom stereocenters. The predicted molar refractivity (Wildman–Crippen MR) is 187 cm³/mol. The Kier molecular flexibility index (Phi) is 33.9. The monoisotopic (exact) mass is 625 g/mol. The van der Waals surface area contributed by atoms with Crippen LogP contribution in [0.1, 0.15) is 213 Å². The number of ether oxygens (including phenoxy) is 2. The van der Waals surface area contributed by atoms with Gasteiger partial charge in [0.05, 0.1) is 6.61 Å². The molecule has 0 saturated carbocycles. The minimum Gasteiger partial charge on any atom is -0.462 e. The molecule has 44 heavy (non-hydrogen) atoms. The van der Waals surface area contributed by atoms with Crippen molar-refractivity contribution in [2.24, 2.45) is 5.92 Å². The lowest BCUT2D eigenvalue weighted by molar-refractivity contribution is -0.161. The number of carbonyl (C=O) groups excluding carboxylic acids is 2. The van der Waals surface area contributed by atoms with E-state index in [4.69, 9.17) is 9.47 Å². The van der Waals surface area contributed by atoms with E-state index in [0.29, 0.717) is 12.8 Å². The number of hydrogen-bond donors (Lipinski definition) is 1. The van der Waals surface area contributed by atoms with E-state index in [-0.39, 0.29) is 25.2 Å². The Labute approximate surface area is 274 Å². The van der Waals surface area contributed by atoms with Crippen LogP contribution in [0, 0.1) is 5.92 Å². The van der Waals surface area contributed by atoms with Gasteiger partial charge in [-0.05, 0) is 18.8 Å². The fourth-order valence-electron chi connectivity index (χ4n) is 5.86. The van der Waals surface area contributed by atoms with Crippen LogP contribution in [0.5, 0.6) is 0 Å². The highest BCUT2D eigenvalue weighted by atomic mass is 16.6. The molecule has 0 aromatic rings. The summed E-state index contributed by atoms with van der Waals surface area (Å²) in [6.45, 7) is 6.51. The van der Waals surface area contributed by atoms with Gasteiger partial charge in [-0.15, -0.1) is 0 Å². The molecule has 1 N–H and O–H groups in total. The number of esters is 2. The smallest absolute Gasteiger partial charge is 0.306 e. The summed E-state index contributed by atoms with van der Waals surface area (Å²) in [5.41, 5.74) is 0. The third-order valence-electron chi connectivity index (χ3n) is 8.83. The second-order valence-electron chi connectivity index (χ2n) is 13.9. The van der Waals surface area contributed by atoms with Crippen LogP contribution in [0.15, 0.2) is 0 Å². The number of rotatable bonds is 35. The molecule has 0 aromatic heterocycles. The lowest BCUT2D eigenvalue weighted by atomic mass is 10.0. The van der Waals surface area contributed by atoms with Gasteiger partial charge in [-0.1, -0.05) is 188 Å². The lowest BCUT2D eigenvalue weighted by Crippen LogP contribution is -2.28. The van der Waals surface area contributed by atoms with E-state index in [0.717, 1.165) is 38.0 Å². The van der Waals surface area contributed by atoms with E-state index in [1.165, 1.54) is 148 Å². The van der Waals surface area contributed by atoms with E-state index in [9.17, 15) is 14.7 Å². The summed E-state index contributed by atoms with van der Waals surface area (Å²) < 4.78 is 10.6. The van der Waals surface area contributed by atoms with Gasteiger partial charge < -0.3 is 14.6 Å². The standard InChI is InChI=1S/C39H76O5/c1-4-5-6-7-8-9-10-17-20-23-26-29-32-38(41)43-35-37(34-40)44-39(42)33-30-27-24-21-18-15-13-11-12-14-16-19-22-25-28-31-36(2)3/h36-37,40H,4-35H2,1-3H3/t37-/m0/s1. The normalized spacial score (nSPS) is 12.1. The first kappa shape index (κ1) is 42.9. The second kappa shape index (κ2) is 34.8. The zero-order valence-electron chi connectivity index (χ0n) is 29.9. The van der Waals surface area contributed by atoms with Gasteiger partial charge in [-0.25, -0.2) is 0 Å². The summed E-state index contributed by atoms with van der Waals surface area (Å²) in [4.78, 5) is 24.2. The zero-order valence-corrected chi connectivity index (χ0v) is 29.9. The number of carbonyl (C=O) groups is 2. The highest BCUT2D eigenvalue weighted by Gasteiger charge is 2.16. The average molecular weight is 625 g/mol. The fourth-order valence-corrected chi connectivity index (χ4v) is 5.86. The number of unbranched alkanes of at least 4 members (excludes halogenated alkanes) is 25. The summed E-state index contributed by atoms with van der Waals surface area (Å²) in [6.07, 6.45) is 35.9. The van der Waals surface area contributed by atoms with Gasteiger partial charge in [0.25, 0.3) is 0 Å². The Morgan fingerprint density at radius 3 is 1.20 bits per heavy atom. The van der Waals surface area contributed by atoms with Crippen LogP contribution in [-0.4, -0.2) is 36.4 Å². The maximum absolute atomic E-state index is 12.2. The van der Waals surface area contributed by atoms with Crippen LogP contribution in [0.4, 0.5) is 0 Å². The highest BCUT2D eigenvalue weighted by molar-refractivity contribution is 5.70.